The Kier molecular flexibility index (Phi) is 4.40. The van der Waals surface area contributed by atoms with Crippen LogP contribution in [0.25, 0.3) is 49.7 Å². The van der Waals surface area contributed by atoms with Crippen LogP contribution in [0.4, 0.5) is 0 Å². The molecule has 0 N–H and O–H groups in total. The molecule has 6 aromatic rings. The Hall–Kier alpha value is -4.10. The number of rotatable bonds is 3. The van der Waals surface area contributed by atoms with Gasteiger partial charge in [-0.3, -0.25) is 0 Å². The Balaban J connectivity index is 1.52. The molecule has 6 rings (SSSR count). The summed E-state index contributed by atoms with van der Waals surface area (Å²) in [6.45, 7) is 2.12. The smallest absolute Gasteiger partial charge is 0.0541 e. The van der Waals surface area contributed by atoms with Crippen molar-refractivity contribution < 1.29 is 0 Å². The summed E-state index contributed by atoms with van der Waals surface area (Å²) in [6, 6.07) is 43.7. The van der Waals surface area contributed by atoms with Crippen LogP contribution in [0.15, 0.2) is 121 Å². The lowest BCUT2D eigenvalue weighted by molar-refractivity contribution is 1.18. The van der Waals surface area contributed by atoms with Crippen LogP contribution in [-0.2, 0) is 0 Å². The summed E-state index contributed by atoms with van der Waals surface area (Å²) in [5, 5.41) is 2.56. The van der Waals surface area contributed by atoms with Crippen LogP contribution < -0.4 is 0 Å². The first-order valence-corrected chi connectivity index (χ1v) is 11.0. The van der Waals surface area contributed by atoms with E-state index in [4.69, 9.17) is 0 Å². The molecule has 0 saturated heterocycles. The van der Waals surface area contributed by atoms with E-state index in [1.807, 2.05) is 0 Å². The van der Waals surface area contributed by atoms with Crippen LogP contribution in [0.1, 0.15) is 5.56 Å². The van der Waals surface area contributed by atoms with Crippen molar-refractivity contribution in [1.82, 2.24) is 4.57 Å². The molecular weight excluding hydrogens is 386 g/mol. The van der Waals surface area contributed by atoms with Gasteiger partial charge in [0.1, 0.15) is 0 Å². The van der Waals surface area contributed by atoms with Crippen LogP contribution in [0, 0.1) is 6.92 Å². The first-order chi connectivity index (χ1) is 15.8. The lowest BCUT2D eigenvalue weighted by atomic mass is 10.0. The molecule has 0 fully saturated rings. The Bertz CT molecular complexity index is 1540. The maximum Gasteiger partial charge on any atom is 0.0541 e. The topological polar surface area (TPSA) is 4.93 Å². The fourth-order valence-electron chi connectivity index (χ4n) is 4.61. The Morgan fingerprint density at radius 3 is 1.75 bits per heavy atom. The zero-order valence-corrected chi connectivity index (χ0v) is 18.0. The van der Waals surface area contributed by atoms with Crippen molar-refractivity contribution in [3.63, 3.8) is 0 Å². The van der Waals surface area contributed by atoms with E-state index >= 15 is 0 Å². The van der Waals surface area contributed by atoms with Crippen LogP contribution in [0.5, 0.6) is 0 Å². The van der Waals surface area contributed by atoms with E-state index < -0.39 is 0 Å². The number of nitrogens with zero attached hydrogens (tertiary/aromatic N) is 1. The molecule has 0 spiro atoms. The Labute approximate surface area is 188 Å². The largest absolute Gasteiger partial charge is 0.309 e. The third-order valence-electron chi connectivity index (χ3n) is 6.29. The molecule has 0 unspecified atom stereocenters. The van der Waals surface area contributed by atoms with Crippen molar-refractivity contribution in [3.8, 4) is 27.9 Å². The van der Waals surface area contributed by atoms with Gasteiger partial charge in [0.15, 0.2) is 0 Å². The maximum atomic E-state index is 2.37. The molecule has 1 aromatic heterocycles. The summed E-state index contributed by atoms with van der Waals surface area (Å²) in [7, 11) is 0. The molecule has 0 radical (unpaired) electrons. The highest BCUT2D eigenvalue weighted by atomic mass is 15.0. The van der Waals surface area contributed by atoms with Gasteiger partial charge < -0.3 is 4.57 Å². The fourth-order valence-corrected chi connectivity index (χ4v) is 4.61. The van der Waals surface area contributed by atoms with E-state index in [-0.39, 0.29) is 0 Å². The summed E-state index contributed by atoms with van der Waals surface area (Å²) < 4.78 is 2.37. The third kappa shape index (κ3) is 3.11. The number of aromatic nitrogens is 1. The van der Waals surface area contributed by atoms with E-state index in [0.717, 1.165) is 0 Å². The highest BCUT2D eigenvalue weighted by molar-refractivity contribution is 6.10. The lowest BCUT2D eigenvalue weighted by Gasteiger charge is -2.10. The molecule has 0 aliphatic rings. The summed E-state index contributed by atoms with van der Waals surface area (Å²) in [5.74, 6) is 0. The standard InChI is InChI=1S/C31H23N/c1-22-11-13-24(14-12-22)25-15-18-27(19-16-25)32-30-10-6-5-9-28(30)29-21-26(17-20-31(29)32)23-7-3-2-4-8-23/h2-21H,1H3. The highest BCUT2D eigenvalue weighted by Gasteiger charge is 2.13. The van der Waals surface area contributed by atoms with Crippen molar-refractivity contribution in [1.29, 1.82) is 0 Å². The minimum Gasteiger partial charge on any atom is -0.309 e. The number of hydrogen-bond donors (Lipinski definition) is 0. The van der Waals surface area contributed by atoms with Crippen molar-refractivity contribution in [2.24, 2.45) is 0 Å². The average molecular weight is 410 g/mol. The number of para-hydroxylation sites is 1. The van der Waals surface area contributed by atoms with Gasteiger partial charge in [-0.15, -0.1) is 0 Å². The number of aryl methyl sites for hydroxylation is 1. The molecule has 0 atom stereocenters. The maximum absolute atomic E-state index is 2.37. The van der Waals surface area contributed by atoms with Crippen LogP contribution in [0.2, 0.25) is 0 Å². The highest BCUT2D eigenvalue weighted by Crippen LogP contribution is 2.35. The van der Waals surface area contributed by atoms with Gasteiger partial charge in [0, 0.05) is 16.5 Å². The lowest BCUT2D eigenvalue weighted by Crippen LogP contribution is -1.93. The number of hydrogen-bond acceptors (Lipinski definition) is 0. The molecule has 0 aliphatic heterocycles. The van der Waals surface area contributed by atoms with Crippen LogP contribution in [-0.4, -0.2) is 4.57 Å². The summed E-state index contributed by atoms with van der Waals surface area (Å²) in [4.78, 5) is 0. The van der Waals surface area contributed by atoms with E-state index in [2.05, 4.69) is 133 Å². The van der Waals surface area contributed by atoms with Gasteiger partial charge in [-0.2, -0.15) is 0 Å². The van der Waals surface area contributed by atoms with Gasteiger partial charge in [-0.1, -0.05) is 96.6 Å². The zero-order chi connectivity index (χ0) is 21.5. The van der Waals surface area contributed by atoms with Gasteiger partial charge in [0.25, 0.3) is 0 Å². The predicted molar refractivity (Wildman–Crippen MR) is 136 cm³/mol. The van der Waals surface area contributed by atoms with Crippen LogP contribution in [0.3, 0.4) is 0 Å². The first-order valence-electron chi connectivity index (χ1n) is 11.0. The van der Waals surface area contributed by atoms with E-state index in [1.54, 1.807) is 0 Å². The normalized spacial score (nSPS) is 11.3. The molecular formula is C31H23N. The average Bonchev–Trinajstić information content (AvgIpc) is 3.19. The molecule has 32 heavy (non-hydrogen) atoms. The minimum atomic E-state index is 1.18. The molecule has 1 heterocycles. The van der Waals surface area contributed by atoms with Gasteiger partial charge >= 0.3 is 0 Å². The van der Waals surface area contributed by atoms with Crippen molar-refractivity contribution in [2.75, 3.05) is 0 Å². The van der Waals surface area contributed by atoms with E-state index in [1.165, 1.54) is 55.3 Å². The molecule has 0 aliphatic carbocycles. The molecule has 0 amide bonds. The Morgan fingerprint density at radius 2 is 1.00 bits per heavy atom. The second-order valence-corrected chi connectivity index (χ2v) is 8.36. The number of fused-ring (bicyclic) bond motifs is 3. The van der Waals surface area contributed by atoms with Gasteiger partial charge in [-0.25, -0.2) is 0 Å². The van der Waals surface area contributed by atoms with Crippen molar-refractivity contribution in [2.45, 2.75) is 6.92 Å². The monoisotopic (exact) mass is 409 g/mol. The van der Waals surface area contributed by atoms with Gasteiger partial charge in [0.2, 0.25) is 0 Å². The summed E-state index contributed by atoms with van der Waals surface area (Å²) in [5.41, 5.74) is 9.90. The van der Waals surface area contributed by atoms with Crippen molar-refractivity contribution in [3.05, 3.63) is 127 Å². The quantitative estimate of drug-likeness (QED) is 0.276. The molecule has 0 bridgehead atoms. The second-order valence-electron chi connectivity index (χ2n) is 8.36. The Morgan fingerprint density at radius 1 is 0.438 bits per heavy atom. The van der Waals surface area contributed by atoms with Gasteiger partial charge in [0.05, 0.1) is 11.0 Å². The fraction of sp³-hybridized carbons (Fsp3) is 0.0323. The molecule has 5 aromatic carbocycles. The van der Waals surface area contributed by atoms with Crippen LogP contribution >= 0.6 is 0 Å². The number of benzene rings is 5. The molecule has 1 heteroatoms. The molecule has 0 saturated carbocycles. The zero-order valence-electron chi connectivity index (χ0n) is 18.0. The van der Waals surface area contributed by atoms with Gasteiger partial charge in [-0.05, 0) is 59.5 Å². The van der Waals surface area contributed by atoms with E-state index in [0.29, 0.717) is 0 Å². The summed E-state index contributed by atoms with van der Waals surface area (Å²) in [6.07, 6.45) is 0. The third-order valence-corrected chi connectivity index (χ3v) is 6.29. The van der Waals surface area contributed by atoms with Crippen molar-refractivity contribution >= 4 is 21.8 Å². The predicted octanol–water partition coefficient (Wildman–Crippen LogP) is 8.43. The molecule has 1 nitrogen and oxygen atoms in total. The first kappa shape index (κ1) is 18.7. The molecule has 152 valence electrons. The van der Waals surface area contributed by atoms with E-state index in [9.17, 15) is 0 Å². The minimum absolute atomic E-state index is 1.18. The SMILES string of the molecule is Cc1ccc(-c2ccc(-n3c4ccccc4c4cc(-c5ccccc5)ccc43)cc2)cc1. The second kappa shape index (κ2) is 7.55. The summed E-state index contributed by atoms with van der Waals surface area (Å²) >= 11 is 0.